The van der Waals surface area contributed by atoms with Gasteiger partial charge in [0.2, 0.25) is 11.9 Å². The number of rotatable bonds is 6. The van der Waals surface area contributed by atoms with Gasteiger partial charge in [-0.25, -0.2) is 4.68 Å². The van der Waals surface area contributed by atoms with E-state index in [4.69, 9.17) is 0 Å². The number of hydrogen-bond donors (Lipinski definition) is 2. The second kappa shape index (κ2) is 8.41. The van der Waals surface area contributed by atoms with Gasteiger partial charge >= 0.3 is 0 Å². The van der Waals surface area contributed by atoms with E-state index < -0.39 is 0 Å². The predicted octanol–water partition coefficient (Wildman–Crippen LogP) is 3.59. The van der Waals surface area contributed by atoms with Crippen molar-refractivity contribution in [2.45, 2.75) is 47.5 Å². The third kappa shape index (κ3) is 3.81. The summed E-state index contributed by atoms with van der Waals surface area (Å²) in [4.78, 5) is 32.9. The zero-order valence-corrected chi connectivity index (χ0v) is 18.9. The predicted molar refractivity (Wildman–Crippen MR) is 124 cm³/mol. The Morgan fingerprint density at radius 2 is 1.84 bits per heavy atom. The topological polar surface area (TPSA) is 110 Å². The average molecular weight is 434 g/mol. The van der Waals surface area contributed by atoms with Crippen molar-refractivity contribution in [1.82, 2.24) is 29.5 Å². The van der Waals surface area contributed by atoms with Crippen LogP contribution in [0.3, 0.4) is 0 Å². The van der Waals surface area contributed by atoms with Gasteiger partial charge in [0.15, 0.2) is 5.65 Å². The third-order valence-electron chi connectivity index (χ3n) is 5.80. The van der Waals surface area contributed by atoms with Crippen LogP contribution in [0.25, 0.3) is 22.7 Å². The molecule has 0 fully saturated rings. The highest BCUT2D eigenvalue weighted by Crippen LogP contribution is 2.20. The Bertz CT molecular complexity index is 1360. The van der Waals surface area contributed by atoms with E-state index >= 15 is 0 Å². The van der Waals surface area contributed by atoms with Gasteiger partial charge in [0.05, 0.1) is 17.6 Å². The zero-order chi connectivity index (χ0) is 23.0. The minimum atomic E-state index is -0.328. The number of fused-ring (bicyclic) bond motifs is 1. The summed E-state index contributed by atoms with van der Waals surface area (Å²) in [6.45, 7) is 9.85. The molecule has 4 aromatic rings. The van der Waals surface area contributed by atoms with Crippen LogP contribution in [0.2, 0.25) is 0 Å². The van der Waals surface area contributed by atoms with E-state index in [9.17, 15) is 9.59 Å². The summed E-state index contributed by atoms with van der Waals surface area (Å²) >= 11 is 0. The van der Waals surface area contributed by atoms with E-state index in [2.05, 4.69) is 25.5 Å². The van der Waals surface area contributed by atoms with E-state index in [1.807, 2.05) is 52.8 Å². The number of amides is 1. The highest BCUT2D eigenvalue weighted by atomic mass is 16.2. The Balaban J connectivity index is 1.82. The van der Waals surface area contributed by atoms with E-state index in [1.165, 1.54) is 16.4 Å². The molecule has 0 bridgehead atoms. The van der Waals surface area contributed by atoms with Gasteiger partial charge in [0, 0.05) is 12.0 Å². The summed E-state index contributed by atoms with van der Waals surface area (Å²) in [6.07, 6.45) is 2.99. The number of benzene rings is 1. The zero-order valence-electron chi connectivity index (χ0n) is 18.9. The smallest absolute Gasteiger partial charge is 0.263 e. The number of aromatic nitrogens is 6. The fraction of sp³-hybridized carbons (Fsp3) is 0.348. The minimum absolute atomic E-state index is 0.0836. The van der Waals surface area contributed by atoms with Gasteiger partial charge in [-0.05, 0) is 56.9 Å². The third-order valence-corrected chi connectivity index (χ3v) is 5.80. The maximum atomic E-state index is 12.8. The summed E-state index contributed by atoms with van der Waals surface area (Å²) in [7, 11) is 0. The number of anilines is 1. The summed E-state index contributed by atoms with van der Waals surface area (Å²) in [6, 6.07) is 7.71. The quantitative estimate of drug-likeness (QED) is 0.483. The first kappa shape index (κ1) is 21.5. The normalized spacial score (nSPS) is 11.4. The molecular formula is C23H27N7O2. The molecule has 0 unspecified atom stereocenters. The van der Waals surface area contributed by atoms with Gasteiger partial charge in [-0.15, -0.1) is 0 Å². The van der Waals surface area contributed by atoms with E-state index in [0.717, 1.165) is 24.1 Å². The molecule has 1 aromatic carbocycles. The number of hydrogen-bond acceptors (Lipinski definition) is 5. The fourth-order valence-corrected chi connectivity index (χ4v) is 3.69. The van der Waals surface area contributed by atoms with Crippen molar-refractivity contribution in [3.63, 3.8) is 0 Å². The molecule has 0 saturated heterocycles. The Morgan fingerprint density at radius 3 is 2.53 bits per heavy atom. The molecule has 0 atom stereocenters. The summed E-state index contributed by atoms with van der Waals surface area (Å²) in [5, 5.41) is 12.1. The van der Waals surface area contributed by atoms with Gasteiger partial charge in [0.25, 0.3) is 5.56 Å². The first-order valence-corrected chi connectivity index (χ1v) is 10.8. The van der Waals surface area contributed by atoms with Crippen molar-refractivity contribution in [3.8, 4) is 11.6 Å². The number of carbonyl (C=O) groups is 1. The van der Waals surface area contributed by atoms with Gasteiger partial charge in [-0.1, -0.05) is 19.9 Å². The van der Waals surface area contributed by atoms with Gasteiger partial charge in [0.1, 0.15) is 11.2 Å². The van der Waals surface area contributed by atoms with E-state index in [0.29, 0.717) is 22.5 Å². The molecule has 0 spiro atoms. The monoisotopic (exact) mass is 433 g/mol. The maximum Gasteiger partial charge on any atom is 0.263 e. The lowest BCUT2D eigenvalue weighted by molar-refractivity contribution is -0.120. The van der Waals surface area contributed by atoms with Crippen LogP contribution in [0.5, 0.6) is 0 Å². The molecule has 1 amide bonds. The Kier molecular flexibility index (Phi) is 5.65. The lowest BCUT2D eigenvalue weighted by Crippen LogP contribution is -2.24. The van der Waals surface area contributed by atoms with Crippen molar-refractivity contribution < 1.29 is 4.79 Å². The standard InChI is InChI=1S/C23H27N7O2/c1-6-16(7-2)21(31)25-19-11-15(5)28-30(19)23-26-20-18(22(32)27-23)12-24-29(20)17-9-8-13(3)14(4)10-17/h8-12,16H,6-7H2,1-5H3,(H,25,31)(H,26,27,32). The summed E-state index contributed by atoms with van der Waals surface area (Å²) in [5.41, 5.74) is 3.87. The van der Waals surface area contributed by atoms with Crippen molar-refractivity contribution >= 4 is 22.8 Å². The molecule has 0 radical (unpaired) electrons. The van der Waals surface area contributed by atoms with Crippen molar-refractivity contribution in [2.24, 2.45) is 5.92 Å². The molecule has 9 nitrogen and oxygen atoms in total. The number of nitrogens with one attached hydrogen (secondary N) is 2. The molecule has 2 N–H and O–H groups in total. The number of H-pyrrole nitrogens is 1. The summed E-state index contributed by atoms with van der Waals surface area (Å²) < 4.78 is 3.09. The lowest BCUT2D eigenvalue weighted by Gasteiger charge is -2.13. The summed E-state index contributed by atoms with van der Waals surface area (Å²) in [5.74, 6) is 0.485. The highest BCUT2D eigenvalue weighted by Gasteiger charge is 2.20. The minimum Gasteiger partial charge on any atom is -0.310 e. The molecule has 0 aliphatic rings. The van der Waals surface area contributed by atoms with Crippen LogP contribution >= 0.6 is 0 Å². The number of nitrogens with zero attached hydrogens (tertiary/aromatic N) is 5. The molecule has 3 heterocycles. The Hall–Kier alpha value is -3.75. The van der Waals surface area contributed by atoms with Crippen LogP contribution in [0.1, 0.15) is 43.5 Å². The van der Waals surface area contributed by atoms with Crippen LogP contribution in [0.15, 0.2) is 35.3 Å². The first-order valence-electron chi connectivity index (χ1n) is 10.8. The molecule has 0 aliphatic heterocycles. The van der Waals surface area contributed by atoms with Gasteiger partial charge in [-0.3, -0.25) is 14.6 Å². The van der Waals surface area contributed by atoms with Crippen molar-refractivity contribution in [1.29, 1.82) is 0 Å². The average Bonchev–Trinajstić information content (AvgIpc) is 3.34. The lowest BCUT2D eigenvalue weighted by atomic mass is 10.0. The number of aryl methyl sites for hydroxylation is 3. The molecule has 3 aromatic heterocycles. The molecule has 0 saturated carbocycles. The Labute approximate surface area is 185 Å². The van der Waals surface area contributed by atoms with Gasteiger partial charge < -0.3 is 5.32 Å². The van der Waals surface area contributed by atoms with Crippen molar-refractivity contribution in [2.75, 3.05) is 5.32 Å². The van der Waals surface area contributed by atoms with Crippen LogP contribution in [-0.4, -0.2) is 35.4 Å². The van der Waals surface area contributed by atoms with E-state index in [-0.39, 0.29) is 23.3 Å². The Morgan fingerprint density at radius 1 is 1.09 bits per heavy atom. The van der Waals surface area contributed by atoms with Crippen LogP contribution in [0, 0.1) is 26.7 Å². The molecular weight excluding hydrogens is 406 g/mol. The molecule has 4 rings (SSSR count). The molecule has 0 aliphatic carbocycles. The van der Waals surface area contributed by atoms with Crippen LogP contribution < -0.4 is 10.9 Å². The number of carbonyl (C=O) groups excluding carboxylic acids is 1. The fourth-order valence-electron chi connectivity index (χ4n) is 3.69. The maximum absolute atomic E-state index is 12.8. The van der Waals surface area contributed by atoms with E-state index in [1.54, 1.807) is 10.7 Å². The van der Waals surface area contributed by atoms with Crippen LogP contribution in [0.4, 0.5) is 5.82 Å². The van der Waals surface area contributed by atoms with Gasteiger partial charge in [-0.2, -0.15) is 19.9 Å². The largest absolute Gasteiger partial charge is 0.310 e. The SMILES string of the molecule is CCC(CC)C(=O)Nc1cc(C)nn1-c1nc2c(cnn2-c2ccc(C)c(C)c2)c(=O)[nH]1. The van der Waals surface area contributed by atoms with Crippen molar-refractivity contribution in [3.05, 3.63) is 57.6 Å². The second-order valence-electron chi connectivity index (χ2n) is 8.04. The molecule has 32 heavy (non-hydrogen) atoms. The highest BCUT2D eigenvalue weighted by molar-refractivity contribution is 5.92. The first-order chi connectivity index (χ1) is 15.3. The molecule has 9 heteroatoms. The second-order valence-corrected chi connectivity index (χ2v) is 8.04. The van der Waals surface area contributed by atoms with Crippen LogP contribution in [-0.2, 0) is 4.79 Å². The number of aromatic amines is 1. The molecule has 166 valence electrons.